The van der Waals surface area contributed by atoms with Gasteiger partial charge in [0.2, 0.25) is 0 Å². The third kappa shape index (κ3) is 2.20. The van der Waals surface area contributed by atoms with Crippen molar-refractivity contribution in [1.29, 1.82) is 0 Å². The summed E-state index contributed by atoms with van der Waals surface area (Å²) < 4.78 is 5.21. The van der Waals surface area contributed by atoms with Gasteiger partial charge in [-0.25, -0.2) is 0 Å². The highest BCUT2D eigenvalue weighted by Gasteiger charge is 2.27. The van der Waals surface area contributed by atoms with Crippen LogP contribution in [0.15, 0.2) is 24.4 Å². The maximum atomic E-state index is 12.1. The molecule has 0 aromatic carbocycles. The lowest BCUT2D eigenvalue weighted by atomic mass is 10.2. The van der Waals surface area contributed by atoms with Crippen LogP contribution in [0, 0.1) is 0 Å². The Morgan fingerprint density at radius 2 is 2.50 bits per heavy atom. The smallest absolute Gasteiger partial charge is 0.272 e. The van der Waals surface area contributed by atoms with Gasteiger partial charge in [-0.15, -0.1) is 0 Å². The van der Waals surface area contributed by atoms with Crippen LogP contribution in [-0.2, 0) is 4.74 Å². The highest BCUT2D eigenvalue weighted by atomic mass is 16.5. The molecule has 1 amide bonds. The van der Waals surface area contributed by atoms with E-state index in [0.717, 1.165) is 0 Å². The molecule has 1 atom stereocenters. The minimum atomic E-state index is -0.261. The quantitative estimate of drug-likeness (QED) is 0.760. The topological polar surface area (TPSA) is 62.7 Å². The first-order valence-electron chi connectivity index (χ1n) is 5.23. The van der Waals surface area contributed by atoms with Crippen LogP contribution in [-0.4, -0.2) is 53.3 Å². The first-order valence-corrected chi connectivity index (χ1v) is 5.23. The Bertz CT molecular complexity index is 356. The number of aliphatic hydroxyl groups excluding tert-OH is 1. The average molecular weight is 222 g/mol. The predicted octanol–water partition coefficient (Wildman–Crippen LogP) is -0.0851. The second kappa shape index (κ2) is 5.05. The average Bonchev–Trinajstić information content (AvgIpc) is 2.39. The standard InChI is InChI=1S/C11H14N2O3/c14-7-9-8-16-6-5-13(9)11(15)10-3-1-2-4-12-10/h1-4,9,14H,5-8H2/t9-/m1/s1. The van der Waals surface area contributed by atoms with Gasteiger partial charge >= 0.3 is 0 Å². The zero-order valence-corrected chi connectivity index (χ0v) is 8.87. The molecule has 0 spiro atoms. The van der Waals surface area contributed by atoms with Gasteiger partial charge in [0.05, 0.1) is 25.9 Å². The molecule has 2 rings (SSSR count). The summed E-state index contributed by atoms with van der Waals surface area (Å²) in [4.78, 5) is 17.7. The van der Waals surface area contributed by atoms with Crippen LogP contribution >= 0.6 is 0 Å². The Kier molecular flexibility index (Phi) is 3.48. The number of carbonyl (C=O) groups excluding carboxylic acids is 1. The van der Waals surface area contributed by atoms with E-state index in [2.05, 4.69) is 4.98 Å². The van der Waals surface area contributed by atoms with E-state index in [0.29, 0.717) is 25.5 Å². The molecule has 0 radical (unpaired) electrons. The SMILES string of the molecule is O=C(c1ccccn1)N1CCOC[C@H]1CO. The monoisotopic (exact) mass is 222 g/mol. The lowest BCUT2D eigenvalue weighted by molar-refractivity contribution is -0.0186. The second-order valence-corrected chi connectivity index (χ2v) is 3.62. The van der Waals surface area contributed by atoms with Crippen molar-refractivity contribution in [3.05, 3.63) is 30.1 Å². The normalized spacial score (nSPS) is 20.8. The van der Waals surface area contributed by atoms with Crippen molar-refractivity contribution in [1.82, 2.24) is 9.88 Å². The van der Waals surface area contributed by atoms with E-state index in [9.17, 15) is 4.79 Å². The third-order valence-corrected chi connectivity index (χ3v) is 2.58. The van der Waals surface area contributed by atoms with Gasteiger partial charge in [0, 0.05) is 12.7 Å². The fourth-order valence-electron chi connectivity index (χ4n) is 1.71. The van der Waals surface area contributed by atoms with Gasteiger partial charge in [0.25, 0.3) is 5.91 Å². The van der Waals surface area contributed by atoms with Crippen molar-refractivity contribution < 1.29 is 14.6 Å². The zero-order valence-electron chi connectivity index (χ0n) is 8.87. The zero-order chi connectivity index (χ0) is 11.4. The molecule has 1 saturated heterocycles. The maximum Gasteiger partial charge on any atom is 0.272 e. The summed E-state index contributed by atoms with van der Waals surface area (Å²) >= 11 is 0. The minimum Gasteiger partial charge on any atom is -0.394 e. The van der Waals surface area contributed by atoms with Gasteiger partial charge in [-0.2, -0.15) is 0 Å². The highest BCUT2D eigenvalue weighted by Crippen LogP contribution is 2.10. The fourth-order valence-corrected chi connectivity index (χ4v) is 1.71. The Morgan fingerprint density at radius 3 is 3.19 bits per heavy atom. The number of carbonyl (C=O) groups is 1. The molecule has 5 heteroatoms. The van der Waals surface area contributed by atoms with Crippen molar-refractivity contribution in [2.45, 2.75) is 6.04 Å². The molecule has 1 aromatic rings. The highest BCUT2D eigenvalue weighted by molar-refractivity contribution is 5.92. The Labute approximate surface area is 93.7 Å². The maximum absolute atomic E-state index is 12.1. The number of aromatic nitrogens is 1. The molecule has 1 fully saturated rings. The summed E-state index contributed by atoms with van der Waals surface area (Å²) in [6.07, 6.45) is 1.58. The lowest BCUT2D eigenvalue weighted by Crippen LogP contribution is -2.50. The number of nitrogens with zero attached hydrogens (tertiary/aromatic N) is 2. The number of rotatable bonds is 2. The first-order chi connectivity index (χ1) is 7.83. The molecule has 0 saturated carbocycles. The van der Waals surface area contributed by atoms with Gasteiger partial charge in [0.1, 0.15) is 5.69 Å². The number of ether oxygens (including phenoxy) is 1. The van der Waals surface area contributed by atoms with Gasteiger partial charge in [-0.1, -0.05) is 6.07 Å². The van der Waals surface area contributed by atoms with E-state index >= 15 is 0 Å². The Balaban J connectivity index is 2.14. The summed E-state index contributed by atoms with van der Waals surface area (Å²) in [5.41, 5.74) is 0.405. The van der Waals surface area contributed by atoms with E-state index in [-0.39, 0.29) is 18.6 Å². The summed E-state index contributed by atoms with van der Waals surface area (Å²) in [6, 6.07) is 4.95. The largest absolute Gasteiger partial charge is 0.394 e. The molecule has 16 heavy (non-hydrogen) atoms. The lowest BCUT2D eigenvalue weighted by Gasteiger charge is -2.34. The number of morpholine rings is 1. The summed E-state index contributed by atoms with van der Waals surface area (Å²) in [7, 11) is 0. The first kappa shape index (κ1) is 11.0. The number of pyridine rings is 1. The van der Waals surface area contributed by atoms with Crippen LogP contribution in [0.25, 0.3) is 0 Å². The number of amides is 1. The van der Waals surface area contributed by atoms with Crippen LogP contribution in [0.5, 0.6) is 0 Å². The van der Waals surface area contributed by atoms with Gasteiger partial charge in [-0.3, -0.25) is 9.78 Å². The minimum absolute atomic E-state index is 0.0847. The van der Waals surface area contributed by atoms with Gasteiger partial charge in [-0.05, 0) is 12.1 Å². The molecule has 86 valence electrons. The van der Waals surface area contributed by atoms with Gasteiger partial charge < -0.3 is 14.7 Å². The molecule has 1 N–H and O–H groups in total. The van der Waals surface area contributed by atoms with Crippen molar-refractivity contribution >= 4 is 5.91 Å². The third-order valence-electron chi connectivity index (χ3n) is 2.58. The number of hydrogen-bond acceptors (Lipinski definition) is 4. The molecule has 2 heterocycles. The Hall–Kier alpha value is -1.46. The summed E-state index contributed by atoms with van der Waals surface area (Å²) in [5, 5.41) is 9.16. The molecular weight excluding hydrogens is 208 g/mol. The summed E-state index contributed by atoms with van der Waals surface area (Å²) in [6.45, 7) is 1.31. The fraction of sp³-hybridized carbons (Fsp3) is 0.455. The van der Waals surface area contributed by atoms with Crippen LogP contribution in [0.1, 0.15) is 10.5 Å². The summed E-state index contributed by atoms with van der Waals surface area (Å²) in [5.74, 6) is -0.150. The molecule has 1 aromatic heterocycles. The van der Waals surface area contributed by atoms with E-state index < -0.39 is 0 Å². The van der Waals surface area contributed by atoms with Crippen LogP contribution < -0.4 is 0 Å². The van der Waals surface area contributed by atoms with E-state index in [1.54, 1.807) is 29.3 Å². The van der Waals surface area contributed by atoms with E-state index in [4.69, 9.17) is 9.84 Å². The van der Waals surface area contributed by atoms with Crippen LogP contribution in [0.3, 0.4) is 0 Å². The molecule has 0 aliphatic carbocycles. The predicted molar refractivity (Wildman–Crippen MR) is 57.0 cm³/mol. The van der Waals surface area contributed by atoms with E-state index in [1.165, 1.54) is 0 Å². The van der Waals surface area contributed by atoms with Crippen molar-refractivity contribution in [2.75, 3.05) is 26.4 Å². The number of aliphatic hydroxyl groups is 1. The molecule has 1 aliphatic rings. The Morgan fingerprint density at radius 1 is 1.62 bits per heavy atom. The van der Waals surface area contributed by atoms with Crippen molar-refractivity contribution in [2.24, 2.45) is 0 Å². The van der Waals surface area contributed by atoms with Crippen molar-refractivity contribution in [3.63, 3.8) is 0 Å². The van der Waals surface area contributed by atoms with E-state index in [1.807, 2.05) is 0 Å². The molecule has 0 unspecified atom stereocenters. The number of hydrogen-bond donors (Lipinski definition) is 1. The van der Waals surface area contributed by atoms with Crippen molar-refractivity contribution in [3.8, 4) is 0 Å². The second-order valence-electron chi connectivity index (χ2n) is 3.62. The molecular formula is C11H14N2O3. The van der Waals surface area contributed by atoms with Gasteiger partial charge in [0.15, 0.2) is 0 Å². The molecule has 1 aliphatic heterocycles. The molecule has 0 bridgehead atoms. The molecule has 5 nitrogen and oxygen atoms in total. The van der Waals surface area contributed by atoms with Crippen LogP contribution in [0.2, 0.25) is 0 Å². The van der Waals surface area contributed by atoms with Crippen LogP contribution in [0.4, 0.5) is 0 Å².